The third-order valence-corrected chi connectivity index (χ3v) is 3.65. The van der Waals surface area contributed by atoms with Crippen molar-refractivity contribution in [2.24, 2.45) is 5.92 Å². The lowest BCUT2D eigenvalue weighted by Crippen LogP contribution is -2.38. The summed E-state index contributed by atoms with van der Waals surface area (Å²) in [7, 11) is 2.08. The number of hydrogen-bond donors (Lipinski definition) is 1. The third-order valence-electron chi connectivity index (χ3n) is 3.65. The van der Waals surface area contributed by atoms with E-state index >= 15 is 0 Å². The average Bonchev–Trinajstić information content (AvgIpc) is 2.34. The first-order valence-electron chi connectivity index (χ1n) is 6.63. The van der Waals surface area contributed by atoms with Crippen molar-refractivity contribution in [1.82, 2.24) is 4.90 Å². The highest BCUT2D eigenvalue weighted by Gasteiger charge is 2.24. The second-order valence-corrected chi connectivity index (χ2v) is 5.41. The highest BCUT2D eigenvalue weighted by Crippen LogP contribution is 2.20. The van der Waals surface area contributed by atoms with E-state index in [0.717, 1.165) is 37.2 Å². The Labute approximate surface area is 109 Å². The minimum atomic E-state index is 0.128. The van der Waals surface area contributed by atoms with Gasteiger partial charge in [-0.15, -0.1) is 0 Å². The third kappa shape index (κ3) is 3.10. The molecule has 3 heteroatoms. The Morgan fingerprint density at radius 1 is 1.39 bits per heavy atom. The molecule has 1 amide bonds. The number of nitrogens with one attached hydrogen (secondary N) is 1. The van der Waals surface area contributed by atoms with Crippen molar-refractivity contribution < 1.29 is 4.79 Å². The number of amides is 1. The number of aryl methyl sites for hydroxylation is 2. The van der Waals surface area contributed by atoms with Crippen LogP contribution in [0.2, 0.25) is 0 Å². The van der Waals surface area contributed by atoms with E-state index in [1.54, 1.807) is 0 Å². The molecule has 0 bridgehead atoms. The van der Waals surface area contributed by atoms with Crippen molar-refractivity contribution in [3.8, 4) is 0 Å². The van der Waals surface area contributed by atoms with Gasteiger partial charge in [0.1, 0.15) is 0 Å². The molecule has 1 unspecified atom stereocenters. The lowest BCUT2D eigenvalue weighted by molar-refractivity contribution is -0.121. The van der Waals surface area contributed by atoms with Crippen LogP contribution in [0.3, 0.4) is 0 Å². The first-order valence-corrected chi connectivity index (χ1v) is 6.63. The van der Waals surface area contributed by atoms with Crippen LogP contribution in [0.25, 0.3) is 0 Å². The second-order valence-electron chi connectivity index (χ2n) is 5.41. The van der Waals surface area contributed by atoms with E-state index < -0.39 is 0 Å². The molecule has 1 aromatic carbocycles. The summed E-state index contributed by atoms with van der Waals surface area (Å²) >= 11 is 0. The fraction of sp³-hybridized carbons (Fsp3) is 0.533. The number of carbonyl (C=O) groups is 1. The SMILES string of the molecule is Cc1ccc(C)c(NC(=O)C2CCCN(C)C2)c1. The molecule has 1 heterocycles. The van der Waals surface area contributed by atoms with Gasteiger partial charge in [0.2, 0.25) is 5.91 Å². The Morgan fingerprint density at radius 3 is 2.89 bits per heavy atom. The number of carbonyl (C=O) groups excluding carboxylic acids is 1. The first kappa shape index (κ1) is 13.1. The summed E-state index contributed by atoms with van der Waals surface area (Å²) in [5.41, 5.74) is 3.25. The van der Waals surface area contributed by atoms with Gasteiger partial charge in [-0.05, 0) is 57.5 Å². The summed E-state index contributed by atoms with van der Waals surface area (Å²) in [6.07, 6.45) is 2.11. The predicted molar refractivity (Wildman–Crippen MR) is 74.8 cm³/mol. The molecule has 1 N–H and O–H groups in total. The number of rotatable bonds is 2. The lowest BCUT2D eigenvalue weighted by Gasteiger charge is -2.28. The van der Waals surface area contributed by atoms with Crippen molar-refractivity contribution in [3.05, 3.63) is 29.3 Å². The summed E-state index contributed by atoms with van der Waals surface area (Å²) in [5, 5.41) is 3.08. The van der Waals surface area contributed by atoms with Crippen molar-refractivity contribution in [1.29, 1.82) is 0 Å². The molecule has 18 heavy (non-hydrogen) atoms. The van der Waals surface area contributed by atoms with Gasteiger partial charge in [0.25, 0.3) is 0 Å². The summed E-state index contributed by atoms with van der Waals surface area (Å²) in [4.78, 5) is 14.5. The number of nitrogens with zero attached hydrogens (tertiary/aromatic N) is 1. The van der Waals surface area contributed by atoms with Crippen molar-refractivity contribution in [2.45, 2.75) is 26.7 Å². The molecule has 0 spiro atoms. The van der Waals surface area contributed by atoms with Crippen LogP contribution in [0.15, 0.2) is 18.2 Å². The molecule has 1 saturated heterocycles. The van der Waals surface area contributed by atoms with E-state index in [1.807, 2.05) is 19.9 Å². The van der Waals surface area contributed by atoms with Crippen LogP contribution in [0.1, 0.15) is 24.0 Å². The van der Waals surface area contributed by atoms with E-state index in [9.17, 15) is 4.79 Å². The van der Waals surface area contributed by atoms with Gasteiger partial charge in [-0.3, -0.25) is 4.79 Å². The molecule has 0 aliphatic carbocycles. The highest BCUT2D eigenvalue weighted by molar-refractivity contribution is 5.93. The predicted octanol–water partition coefficient (Wildman–Crippen LogP) is 2.58. The molecular formula is C15H22N2O. The normalized spacial score (nSPS) is 20.7. The molecule has 98 valence electrons. The van der Waals surface area contributed by atoms with E-state index in [1.165, 1.54) is 5.56 Å². The maximum Gasteiger partial charge on any atom is 0.228 e. The fourth-order valence-electron chi connectivity index (χ4n) is 2.49. The molecule has 1 aliphatic heterocycles. The van der Waals surface area contributed by atoms with Gasteiger partial charge in [0.15, 0.2) is 0 Å². The van der Waals surface area contributed by atoms with Crippen LogP contribution >= 0.6 is 0 Å². The second kappa shape index (κ2) is 5.53. The molecule has 0 saturated carbocycles. The van der Waals surface area contributed by atoms with Crippen LogP contribution in [-0.4, -0.2) is 30.9 Å². The van der Waals surface area contributed by atoms with E-state index in [4.69, 9.17) is 0 Å². The quantitative estimate of drug-likeness (QED) is 0.870. The molecule has 3 nitrogen and oxygen atoms in total. The maximum absolute atomic E-state index is 12.2. The lowest BCUT2D eigenvalue weighted by atomic mass is 9.97. The van der Waals surface area contributed by atoms with Gasteiger partial charge in [0, 0.05) is 12.2 Å². The summed E-state index contributed by atoms with van der Waals surface area (Å²) in [5.74, 6) is 0.291. The van der Waals surface area contributed by atoms with E-state index in [-0.39, 0.29) is 11.8 Å². The maximum atomic E-state index is 12.2. The van der Waals surface area contributed by atoms with Gasteiger partial charge < -0.3 is 10.2 Å². The zero-order valence-corrected chi connectivity index (χ0v) is 11.5. The van der Waals surface area contributed by atoms with E-state index in [2.05, 4.69) is 29.4 Å². The molecule has 1 aliphatic rings. The number of piperidine rings is 1. The van der Waals surface area contributed by atoms with Gasteiger partial charge in [0.05, 0.1) is 5.92 Å². The Morgan fingerprint density at radius 2 is 2.17 bits per heavy atom. The Hall–Kier alpha value is -1.35. The summed E-state index contributed by atoms with van der Waals surface area (Å²) in [6.45, 7) is 6.05. The summed E-state index contributed by atoms with van der Waals surface area (Å²) in [6, 6.07) is 6.16. The minimum Gasteiger partial charge on any atom is -0.326 e. The van der Waals surface area contributed by atoms with E-state index in [0.29, 0.717) is 0 Å². The molecule has 2 rings (SSSR count). The van der Waals surface area contributed by atoms with Gasteiger partial charge in [-0.1, -0.05) is 12.1 Å². The highest BCUT2D eigenvalue weighted by atomic mass is 16.1. The molecule has 1 fully saturated rings. The van der Waals surface area contributed by atoms with Crippen LogP contribution in [0.5, 0.6) is 0 Å². The van der Waals surface area contributed by atoms with Crippen LogP contribution in [0, 0.1) is 19.8 Å². The fourth-order valence-corrected chi connectivity index (χ4v) is 2.49. The van der Waals surface area contributed by atoms with Gasteiger partial charge >= 0.3 is 0 Å². The zero-order chi connectivity index (χ0) is 13.1. The molecule has 1 atom stereocenters. The Kier molecular flexibility index (Phi) is 4.02. The van der Waals surface area contributed by atoms with Crippen LogP contribution < -0.4 is 5.32 Å². The number of benzene rings is 1. The van der Waals surface area contributed by atoms with Crippen LogP contribution in [-0.2, 0) is 4.79 Å². The number of likely N-dealkylation sites (tertiary alicyclic amines) is 1. The largest absolute Gasteiger partial charge is 0.326 e. The van der Waals surface area contributed by atoms with Crippen molar-refractivity contribution >= 4 is 11.6 Å². The molecule has 0 aromatic heterocycles. The standard InChI is InChI=1S/C15H22N2O/c1-11-6-7-12(2)14(9-11)16-15(18)13-5-4-8-17(3)10-13/h6-7,9,13H,4-5,8,10H2,1-3H3,(H,16,18). The van der Waals surface area contributed by atoms with Crippen molar-refractivity contribution in [3.63, 3.8) is 0 Å². The number of anilines is 1. The summed E-state index contributed by atoms with van der Waals surface area (Å²) < 4.78 is 0. The Balaban J connectivity index is 2.04. The Bertz CT molecular complexity index is 442. The van der Waals surface area contributed by atoms with Gasteiger partial charge in [-0.2, -0.15) is 0 Å². The van der Waals surface area contributed by atoms with Gasteiger partial charge in [-0.25, -0.2) is 0 Å². The smallest absolute Gasteiger partial charge is 0.228 e. The van der Waals surface area contributed by atoms with Crippen LogP contribution in [0.4, 0.5) is 5.69 Å². The monoisotopic (exact) mass is 246 g/mol. The first-order chi connectivity index (χ1) is 8.56. The molecule has 0 radical (unpaired) electrons. The molecule has 1 aromatic rings. The molecular weight excluding hydrogens is 224 g/mol. The van der Waals surface area contributed by atoms with Crippen molar-refractivity contribution in [2.75, 3.05) is 25.5 Å². The number of hydrogen-bond acceptors (Lipinski definition) is 2. The zero-order valence-electron chi connectivity index (χ0n) is 11.5. The minimum absolute atomic E-state index is 0.128. The topological polar surface area (TPSA) is 32.3 Å². The average molecular weight is 246 g/mol.